The number of nitrogens with two attached hydrogens (primary N) is 1. The lowest BCUT2D eigenvalue weighted by molar-refractivity contribution is 0.586. The zero-order chi connectivity index (χ0) is 11.6. The van der Waals surface area contributed by atoms with Crippen molar-refractivity contribution in [3.05, 3.63) is 23.2 Å². The zero-order valence-corrected chi connectivity index (χ0v) is 9.93. The number of nitrogen functional groups attached to an aromatic ring is 1. The average molecular weight is 250 g/mol. The number of hydrogen-bond donors (Lipinski definition) is 2. The van der Waals surface area contributed by atoms with E-state index in [1.807, 2.05) is 0 Å². The SMILES string of the molecule is CNS(=O)(=O)N(C)c1cc(Cl)ccc1N. The summed E-state index contributed by atoms with van der Waals surface area (Å²) < 4.78 is 26.2. The Bertz CT molecular complexity index is 461. The number of anilines is 2. The summed E-state index contributed by atoms with van der Waals surface area (Å²) in [4.78, 5) is 0. The Labute approximate surface area is 94.0 Å². The Morgan fingerprint density at radius 3 is 2.60 bits per heavy atom. The molecule has 3 N–H and O–H groups in total. The van der Waals surface area contributed by atoms with Crippen molar-refractivity contribution < 1.29 is 8.42 Å². The monoisotopic (exact) mass is 249 g/mol. The first-order valence-corrected chi connectivity index (χ1v) is 5.92. The van der Waals surface area contributed by atoms with Crippen LogP contribution in [-0.4, -0.2) is 22.5 Å². The molecular weight excluding hydrogens is 238 g/mol. The molecule has 1 rings (SSSR count). The highest BCUT2D eigenvalue weighted by atomic mass is 35.5. The minimum atomic E-state index is -3.55. The van der Waals surface area contributed by atoms with Crippen molar-refractivity contribution in [2.75, 3.05) is 24.1 Å². The maximum atomic E-state index is 11.5. The van der Waals surface area contributed by atoms with Crippen molar-refractivity contribution in [2.45, 2.75) is 0 Å². The van der Waals surface area contributed by atoms with Crippen LogP contribution in [0.2, 0.25) is 5.02 Å². The minimum Gasteiger partial charge on any atom is -0.397 e. The fourth-order valence-corrected chi connectivity index (χ4v) is 1.91. The number of halogens is 1. The lowest BCUT2D eigenvalue weighted by Gasteiger charge is -2.20. The van der Waals surface area contributed by atoms with Crippen molar-refractivity contribution in [1.29, 1.82) is 0 Å². The van der Waals surface area contributed by atoms with Crippen LogP contribution >= 0.6 is 11.6 Å². The Hall–Kier alpha value is -0.980. The van der Waals surface area contributed by atoms with Gasteiger partial charge in [-0.15, -0.1) is 0 Å². The first kappa shape index (κ1) is 12.1. The van der Waals surface area contributed by atoms with E-state index in [2.05, 4.69) is 4.72 Å². The summed E-state index contributed by atoms with van der Waals surface area (Å²) in [7, 11) is -0.823. The van der Waals surface area contributed by atoms with Crippen molar-refractivity contribution in [1.82, 2.24) is 4.72 Å². The van der Waals surface area contributed by atoms with E-state index < -0.39 is 10.2 Å². The summed E-state index contributed by atoms with van der Waals surface area (Å²) in [6, 6.07) is 4.64. The van der Waals surface area contributed by atoms with Crippen LogP contribution in [0, 0.1) is 0 Å². The van der Waals surface area contributed by atoms with Gasteiger partial charge in [0.25, 0.3) is 0 Å². The molecule has 0 bridgehead atoms. The van der Waals surface area contributed by atoms with Gasteiger partial charge in [-0.05, 0) is 18.2 Å². The fraction of sp³-hybridized carbons (Fsp3) is 0.250. The smallest absolute Gasteiger partial charge is 0.301 e. The number of benzene rings is 1. The van der Waals surface area contributed by atoms with E-state index >= 15 is 0 Å². The van der Waals surface area contributed by atoms with Crippen molar-refractivity contribution in [3.63, 3.8) is 0 Å². The molecule has 5 nitrogen and oxygen atoms in total. The van der Waals surface area contributed by atoms with Crippen molar-refractivity contribution >= 4 is 33.2 Å². The van der Waals surface area contributed by atoms with E-state index in [0.29, 0.717) is 16.4 Å². The standard InChI is InChI=1S/C8H12ClN3O2S/c1-11-15(13,14)12(2)8-5-6(9)3-4-7(8)10/h3-5,11H,10H2,1-2H3. The Morgan fingerprint density at radius 1 is 1.47 bits per heavy atom. The minimum absolute atomic E-state index is 0.344. The van der Waals surface area contributed by atoms with E-state index in [1.165, 1.54) is 20.2 Å². The van der Waals surface area contributed by atoms with Crippen LogP contribution < -0.4 is 14.8 Å². The zero-order valence-electron chi connectivity index (χ0n) is 8.36. The molecule has 0 radical (unpaired) electrons. The van der Waals surface area contributed by atoms with Crippen molar-refractivity contribution in [2.24, 2.45) is 0 Å². The van der Waals surface area contributed by atoms with Crippen LogP contribution in [0.4, 0.5) is 11.4 Å². The molecule has 0 unspecified atom stereocenters. The normalized spacial score (nSPS) is 11.4. The van der Waals surface area contributed by atoms with Gasteiger partial charge in [-0.3, -0.25) is 4.31 Å². The summed E-state index contributed by atoms with van der Waals surface area (Å²) >= 11 is 5.76. The largest absolute Gasteiger partial charge is 0.397 e. The molecule has 0 spiro atoms. The van der Waals surface area contributed by atoms with Crippen LogP contribution in [0.3, 0.4) is 0 Å². The van der Waals surface area contributed by atoms with Gasteiger partial charge in [-0.1, -0.05) is 11.6 Å². The maximum Gasteiger partial charge on any atom is 0.301 e. The molecule has 0 atom stereocenters. The fourth-order valence-electron chi connectivity index (χ4n) is 1.06. The molecule has 0 saturated heterocycles. The number of rotatable bonds is 3. The van der Waals surface area contributed by atoms with Gasteiger partial charge in [-0.2, -0.15) is 8.42 Å². The second kappa shape index (κ2) is 4.26. The molecule has 0 saturated carbocycles. The predicted octanol–water partition coefficient (Wildman–Crippen LogP) is 0.823. The first-order valence-electron chi connectivity index (χ1n) is 4.11. The van der Waals surface area contributed by atoms with E-state index in [-0.39, 0.29) is 0 Å². The molecule has 0 fully saturated rings. The van der Waals surface area contributed by atoms with Gasteiger partial charge in [0.2, 0.25) is 0 Å². The van der Waals surface area contributed by atoms with E-state index in [4.69, 9.17) is 17.3 Å². The third kappa shape index (κ3) is 2.53. The highest BCUT2D eigenvalue weighted by Gasteiger charge is 2.17. The Kier molecular flexibility index (Phi) is 3.43. The lowest BCUT2D eigenvalue weighted by Crippen LogP contribution is -2.36. The van der Waals surface area contributed by atoms with Gasteiger partial charge in [0.1, 0.15) is 0 Å². The molecule has 0 aliphatic heterocycles. The van der Waals surface area contributed by atoms with E-state index in [0.717, 1.165) is 4.31 Å². The molecule has 0 aliphatic rings. The third-order valence-corrected chi connectivity index (χ3v) is 3.62. The van der Waals surface area contributed by atoms with E-state index in [9.17, 15) is 8.42 Å². The number of nitrogens with zero attached hydrogens (tertiary/aromatic N) is 1. The second-order valence-corrected chi connectivity index (χ2v) is 5.22. The van der Waals surface area contributed by atoms with Gasteiger partial charge < -0.3 is 5.73 Å². The summed E-state index contributed by atoms with van der Waals surface area (Å²) in [5.41, 5.74) is 6.34. The highest BCUT2D eigenvalue weighted by molar-refractivity contribution is 7.90. The average Bonchev–Trinajstić information content (AvgIpc) is 2.20. The lowest BCUT2D eigenvalue weighted by atomic mass is 10.3. The van der Waals surface area contributed by atoms with Gasteiger partial charge in [0.15, 0.2) is 0 Å². The van der Waals surface area contributed by atoms with Crippen LogP contribution in [0.5, 0.6) is 0 Å². The highest BCUT2D eigenvalue weighted by Crippen LogP contribution is 2.27. The molecule has 84 valence electrons. The second-order valence-electron chi connectivity index (χ2n) is 2.88. The number of nitrogens with one attached hydrogen (secondary N) is 1. The Balaban J connectivity index is 3.22. The molecule has 7 heteroatoms. The topological polar surface area (TPSA) is 75.4 Å². The quantitative estimate of drug-likeness (QED) is 0.779. The van der Waals surface area contributed by atoms with Gasteiger partial charge in [0, 0.05) is 19.1 Å². The van der Waals surface area contributed by atoms with E-state index in [1.54, 1.807) is 12.1 Å². The molecule has 0 aliphatic carbocycles. The molecule has 15 heavy (non-hydrogen) atoms. The van der Waals surface area contributed by atoms with Crippen molar-refractivity contribution in [3.8, 4) is 0 Å². The van der Waals surface area contributed by atoms with Crippen LogP contribution in [0.1, 0.15) is 0 Å². The first-order chi connectivity index (χ1) is 6.88. The summed E-state index contributed by atoms with van der Waals surface area (Å²) in [5.74, 6) is 0. The molecule has 0 heterocycles. The van der Waals surface area contributed by atoms with Gasteiger partial charge in [0.05, 0.1) is 11.4 Å². The Morgan fingerprint density at radius 2 is 2.07 bits per heavy atom. The van der Waals surface area contributed by atoms with Crippen LogP contribution in [-0.2, 0) is 10.2 Å². The van der Waals surface area contributed by atoms with Gasteiger partial charge >= 0.3 is 10.2 Å². The molecular formula is C8H12ClN3O2S. The predicted molar refractivity (Wildman–Crippen MR) is 62.2 cm³/mol. The summed E-state index contributed by atoms with van der Waals surface area (Å²) in [5, 5.41) is 0.428. The molecule has 0 aromatic heterocycles. The van der Waals surface area contributed by atoms with Crippen LogP contribution in [0.25, 0.3) is 0 Å². The van der Waals surface area contributed by atoms with Crippen LogP contribution in [0.15, 0.2) is 18.2 Å². The third-order valence-electron chi connectivity index (χ3n) is 1.95. The maximum absolute atomic E-state index is 11.5. The van der Waals surface area contributed by atoms with Gasteiger partial charge in [-0.25, -0.2) is 4.72 Å². The molecule has 0 amide bonds. The molecule has 1 aromatic rings. The number of hydrogen-bond acceptors (Lipinski definition) is 3. The summed E-state index contributed by atoms with van der Waals surface area (Å²) in [6.45, 7) is 0. The molecule has 1 aromatic carbocycles. The summed E-state index contributed by atoms with van der Waals surface area (Å²) in [6.07, 6.45) is 0.